The van der Waals surface area contributed by atoms with Gasteiger partial charge in [-0.1, -0.05) is 13.0 Å². The highest BCUT2D eigenvalue weighted by molar-refractivity contribution is 14.0. The molecule has 0 spiro atoms. The number of rotatable bonds is 7. The molecule has 1 atom stereocenters. The summed E-state index contributed by atoms with van der Waals surface area (Å²) >= 11 is 0. The summed E-state index contributed by atoms with van der Waals surface area (Å²) in [5.74, 6) is 1.06. The lowest BCUT2D eigenvalue weighted by atomic mass is 10.1. The molecule has 0 bridgehead atoms. The molecule has 0 radical (unpaired) electrons. The number of likely N-dealkylation sites (N-methyl/N-ethyl adjacent to an activating group) is 1. The van der Waals surface area contributed by atoms with Crippen molar-refractivity contribution in [1.82, 2.24) is 20.1 Å². The Hall–Kier alpha value is -0.930. The number of hydrogen-bond acceptors (Lipinski definition) is 4. The van der Waals surface area contributed by atoms with Crippen LogP contribution in [0.1, 0.15) is 12.6 Å². The van der Waals surface area contributed by atoms with Crippen LogP contribution in [0.4, 0.5) is 0 Å². The van der Waals surface area contributed by atoms with E-state index in [-0.39, 0.29) is 24.0 Å². The second-order valence-corrected chi connectivity index (χ2v) is 6.43. The molecule has 0 amide bonds. The first-order valence-corrected chi connectivity index (χ1v) is 8.48. The lowest BCUT2D eigenvalue weighted by molar-refractivity contribution is 0.140. The van der Waals surface area contributed by atoms with E-state index in [9.17, 15) is 0 Å². The van der Waals surface area contributed by atoms with Crippen molar-refractivity contribution >= 4 is 29.9 Å². The highest BCUT2D eigenvalue weighted by Gasteiger charge is 2.15. The number of aromatic nitrogens is 1. The Labute approximate surface area is 162 Å². The quantitative estimate of drug-likeness (QED) is 0.372. The molecule has 0 saturated carbocycles. The van der Waals surface area contributed by atoms with Crippen molar-refractivity contribution in [2.24, 2.45) is 16.6 Å². The zero-order valence-corrected chi connectivity index (χ0v) is 17.1. The lowest BCUT2D eigenvalue weighted by Crippen LogP contribution is -2.46. The first-order valence-electron chi connectivity index (χ1n) is 8.48. The van der Waals surface area contributed by atoms with Crippen molar-refractivity contribution in [3.05, 3.63) is 30.1 Å². The average Bonchev–Trinajstić information content (AvgIpc) is 2.56. The van der Waals surface area contributed by atoms with Crippen molar-refractivity contribution in [3.63, 3.8) is 0 Å². The fourth-order valence-electron chi connectivity index (χ4n) is 2.70. The Morgan fingerprint density at radius 1 is 1.33 bits per heavy atom. The standard InChI is InChI=1S/C17H30N6.HI/c1-15(14-23-11-9-22(2)10-12-23)13-21-17(18)20-8-6-16-5-3-4-7-19-16;/h3-5,7,15H,6,8-14H2,1-2H3,(H3,18,20,21);1H. The minimum atomic E-state index is 0. The van der Waals surface area contributed by atoms with Crippen LogP contribution < -0.4 is 11.1 Å². The first kappa shape index (κ1) is 21.1. The van der Waals surface area contributed by atoms with Crippen molar-refractivity contribution in [1.29, 1.82) is 0 Å². The minimum Gasteiger partial charge on any atom is -0.370 e. The molecule has 7 heteroatoms. The minimum absolute atomic E-state index is 0. The molecule has 2 heterocycles. The van der Waals surface area contributed by atoms with Crippen LogP contribution in [0, 0.1) is 5.92 Å². The Balaban J connectivity index is 0.00000288. The second kappa shape index (κ2) is 11.6. The molecule has 1 fully saturated rings. The molecule has 1 aromatic heterocycles. The summed E-state index contributed by atoms with van der Waals surface area (Å²) in [6.07, 6.45) is 2.67. The molecule has 0 aromatic carbocycles. The van der Waals surface area contributed by atoms with Crippen molar-refractivity contribution in [2.45, 2.75) is 13.3 Å². The number of nitrogens with one attached hydrogen (secondary N) is 1. The van der Waals surface area contributed by atoms with E-state index in [1.807, 2.05) is 24.4 Å². The normalized spacial score (nSPS) is 18.0. The van der Waals surface area contributed by atoms with Crippen molar-refractivity contribution in [2.75, 3.05) is 52.9 Å². The zero-order valence-electron chi connectivity index (χ0n) is 14.8. The van der Waals surface area contributed by atoms with E-state index in [1.54, 1.807) is 0 Å². The fourth-order valence-corrected chi connectivity index (χ4v) is 2.70. The number of halogens is 1. The molecule has 1 aromatic rings. The van der Waals surface area contributed by atoms with Gasteiger partial charge in [-0.15, -0.1) is 24.0 Å². The molecule has 1 aliphatic rings. The predicted octanol–water partition coefficient (Wildman–Crippen LogP) is 1.03. The smallest absolute Gasteiger partial charge is 0.188 e. The van der Waals surface area contributed by atoms with Gasteiger partial charge in [0.15, 0.2) is 5.96 Å². The van der Waals surface area contributed by atoms with Gasteiger partial charge in [-0.2, -0.15) is 0 Å². The molecule has 2 rings (SSSR count). The number of nitrogens with zero attached hydrogens (tertiary/aromatic N) is 4. The summed E-state index contributed by atoms with van der Waals surface area (Å²) in [5, 5.41) is 3.16. The molecular formula is C17H31IN6. The van der Waals surface area contributed by atoms with Gasteiger partial charge in [0.1, 0.15) is 0 Å². The molecule has 0 aliphatic carbocycles. The molecule has 3 N–H and O–H groups in total. The number of aliphatic imine (C=N–C) groups is 1. The maximum Gasteiger partial charge on any atom is 0.188 e. The van der Waals surface area contributed by atoms with E-state index in [0.29, 0.717) is 11.9 Å². The van der Waals surface area contributed by atoms with Crippen LogP contribution in [0.3, 0.4) is 0 Å². The average molecular weight is 446 g/mol. The van der Waals surface area contributed by atoms with E-state index in [0.717, 1.165) is 57.9 Å². The Bertz CT molecular complexity index is 473. The maximum atomic E-state index is 5.94. The largest absolute Gasteiger partial charge is 0.370 e. The maximum absolute atomic E-state index is 5.94. The predicted molar refractivity (Wildman–Crippen MR) is 111 cm³/mol. The van der Waals surface area contributed by atoms with Crippen LogP contribution in [0.2, 0.25) is 0 Å². The van der Waals surface area contributed by atoms with Crippen LogP contribution in [-0.4, -0.2) is 73.6 Å². The highest BCUT2D eigenvalue weighted by atomic mass is 127. The third-order valence-electron chi connectivity index (χ3n) is 4.15. The lowest BCUT2D eigenvalue weighted by Gasteiger charge is -2.33. The SMILES string of the molecule is CC(CN=C(N)NCCc1ccccn1)CN1CCN(C)CC1.I. The number of piperazine rings is 1. The topological polar surface area (TPSA) is 69.8 Å². The third kappa shape index (κ3) is 8.25. The molecule has 6 nitrogen and oxygen atoms in total. The van der Waals surface area contributed by atoms with Crippen LogP contribution in [-0.2, 0) is 6.42 Å². The van der Waals surface area contributed by atoms with Crippen LogP contribution >= 0.6 is 24.0 Å². The summed E-state index contributed by atoms with van der Waals surface area (Å²) in [6.45, 7) is 9.50. The van der Waals surface area contributed by atoms with E-state index >= 15 is 0 Å². The summed E-state index contributed by atoms with van der Waals surface area (Å²) in [6, 6.07) is 5.95. The van der Waals surface area contributed by atoms with Gasteiger partial charge in [0.25, 0.3) is 0 Å². The van der Waals surface area contributed by atoms with Crippen LogP contribution in [0.15, 0.2) is 29.4 Å². The Morgan fingerprint density at radius 2 is 2.08 bits per heavy atom. The Kier molecular flexibility index (Phi) is 10.2. The first-order chi connectivity index (χ1) is 11.1. The van der Waals surface area contributed by atoms with Gasteiger partial charge in [-0.3, -0.25) is 9.98 Å². The fraction of sp³-hybridized carbons (Fsp3) is 0.647. The van der Waals surface area contributed by atoms with Gasteiger partial charge in [-0.05, 0) is 25.1 Å². The Morgan fingerprint density at radius 3 is 2.75 bits per heavy atom. The molecule has 1 saturated heterocycles. The second-order valence-electron chi connectivity index (χ2n) is 6.43. The van der Waals surface area contributed by atoms with Crippen molar-refractivity contribution in [3.8, 4) is 0 Å². The van der Waals surface area contributed by atoms with Gasteiger partial charge in [0.05, 0.1) is 0 Å². The summed E-state index contributed by atoms with van der Waals surface area (Å²) in [4.78, 5) is 13.6. The number of guanidine groups is 1. The van der Waals surface area contributed by atoms with Crippen LogP contribution in [0.5, 0.6) is 0 Å². The number of hydrogen-bond donors (Lipinski definition) is 2. The summed E-state index contributed by atoms with van der Waals surface area (Å²) < 4.78 is 0. The van der Waals surface area contributed by atoms with Crippen LogP contribution in [0.25, 0.3) is 0 Å². The molecule has 1 unspecified atom stereocenters. The highest BCUT2D eigenvalue weighted by Crippen LogP contribution is 2.04. The van der Waals surface area contributed by atoms with Gasteiger partial charge in [0.2, 0.25) is 0 Å². The summed E-state index contributed by atoms with van der Waals surface area (Å²) in [7, 11) is 2.18. The molecule has 24 heavy (non-hydrogen) atoms. The van der Waals surface area contributed by atoms with Gasteiger partial charge < -0.3 is 20.9 Å². The van der Waals surface area contributed by atoms with E-state index in [4.69, 9.17) is 5.73 Å². The monoisotopic (exact) mass is 446 g/mol. The zero-order chi connectivity index (χ0) is 16.5. The molecule has 1 aliphatic heterocycles. The van der Waals surface area contributed by atoms with Gasteiger partial charge in [0, 0.05) is 64.1 Å². The number of nitrogens with two attached hydrogens (primary N) is 1. The summed E-state index contributed by atoms with van der Waals surface area (Å²) in [5.41, 5.74) is 7.00. The number of pyridine rings is 1. The molecular weight excluding hydrogens is 415 g/mol. The van der Waals surface area contributed by atoms with Gasteiger partial charge >= 0.3 is 0 Å². The van der Waals surface area contributed by atoms with E-state index < -0.39 is 0 Å². The van der Waals surface area contributed by atoms with E-state index in [2.05, 4.69) is 39.1 Å². The van der Waals surface area contributed by atoms with Crippen molar-refractivity contribution < 1.29 is 0 Å². The molecule has 136 valence electrons. The third-order valence-corrected chi connectivity index (χ3v) is 4.15. The van der Waals surface area contributed by atoms with Gasteiger partial charge in [-0.25, -0.2) is 0 Å². The van der Waals surface area contributed by atoms with E-state index in [1.165, 1.54) is 0 Å².